The molecule has 0 radical (unpaired) electrons. The summed E-state index contributed by atoms with van der Waals surface area (Å²) in [6.45, 7) is 0. The van der Waals surface area contributed by atoms with Crippen LogP contribution in [0, 0.1) is 0 Å². The topological polar surface area (TPSA) is 49.1 Å². The fourth-order valence-electron chi connectivity index (χ4n) is 1.00. The molecule has 0 saturated heterocycles. The van der Waals surface area contributed by atoms with Crippen LogP contribution < -0.4 is 5.11 Å². The van der Waals surface area contributed by atoms with Gasteiger partial charge in [-0.15, -0.1) is 0 Å². The summed E-state index contributed by atoms with van der Waals surface area (Å²) in [6, 6.07) is 10.8. The van der Waals surface area contributed by atoms with Crippen LogP contribution in [0.5, 0.6) is 5.95 Å². The van der Waals surface area contributed by atoms with Crippen LogP contribution in [0.4, 0.5) is 0 Å². The number of nitrogens with zero attached hydrogens (tertiary/aromatic N) is 1. The molecular weight excluding hydrogens is 154 g/mol. The monoisotopic (exact) mass is 160 g/mol. The van der Waals surface area contributed by atoms with Crippen LogP contribution in [0.1, 0.15) is 0 Å². The van der Waals surface area contributed by atoms with E-state index in [1.54, 1.807) is 0 Å². The zero-order valence-corrected chi connectivity index (χ0v) is 6.23. The Balaban J connectivity index is 2.45. The van der Waals surface area contributed by atoms with E-state index in [4.69, 9.17) is 0 Å². The number of aromatic nitrogens is 1. The molecule has 2 aromatic rings. The molecule has 1 heterocycles. The van der Waals surface area contributed by atoms with E-state index < -0.39 is 5.95 Å². The molecule has 0 aliphatic rings. The quantitative estimate of drug-likeness (QED) is 0.633. The number of benzene rings is 1. The minimum absolute atomic E-state index is 0.408. The van der Waals surface area contributed by atoms with E-state index in [0.29, 0.717) is 5.69 Å². The van der Waals surface area contributed by atoms with E-state index in [0.717, 1.165) is 5.56 Å². The van der Waals surface area contributed by atoms with Crippen molar-refractivity contribution in [3.63, 3.8) is 0 Å². The average molecular weight is 160 g/mol. The maximum Gasteiger partial charge on any atom is 0.0855 e. The lowest BCUT2D eigenvalue weighted by atomic mass is 10.2. The molecule has 0 aliphatic carbocycles. The fourth-order valence-corrected chi connectivity index (χ4v) is 1.00. The summed E-state index contributed by atoms with van der Waals surface area (Å²) < 4.78 is 4.41. The van der Waals surface area contributed by atoms with Crippen LogP contribution in [0.15, 0.2) is 40.9 Å². The third-order valence-electron chi connectivity index (χ3n) is 1.56. The molecular formula is C9H6NO2-. The summed E-state index contributed by atoms with van der Waals surface area (Å²) in [5, 5.41) is 14.2. The highest BCUT2D eigenvalue weighted by atomic mass is 16.5. The van der Waals surface area contributed by atoms with Crippen molar-refractivity contribution in [1.82, 2.24) is 5.16 Å². The molecule has 60 valence electrons. The Hall–Kier alpha value is -1.77. The van der Waals surface area contributed by atoms with Crippen LogP contribution in [-0.2, 0) is 0 Å². The maximum atomic E-state index is 10.6. The molecule has 0 aliphatic heterocycles. The van der Waals surface area contributed by atoms with Crippen molar-refractivity contribution >= 4 is 0 Å². The minimum Gasteiger partial charge on any atom is -0.544 e. The lowest BCUT2D eigenvalue weighted by Gasteiger charge is -1.92. The first-order chi connectivity index (χ1) is 5.86. The summed E-state index contributed by atoms with van der Waals surface area (Å²) in [7, 11) is 0. The van der Waals surface area contributed by atoms with Gasteiger partial charge in [0.25, 0.3) is 0 Å². The number of rotatable bonds is 1. The van der Waals surface area contributed by atoms with E-state index in [2.05, 4.69) is 9.68 Å². The van der Waals surface area contributed by atoms with E-state index in [9.17, 15) is 5.11 Å². The fraction of sp³-hybridized carbons (Fsp3) is 0. The third kappa shape index (κ3) is 1.16. The van der Waals surface area contributed by atoms with Gasteiger partial charge in [0.1, 0.15) is 0 Å². The SMILES string of the molecule is [O-]c1cc(-c2ccccc2)no1. The van der Waals surface area contributed by atoms with Crippen molar-refractivity contribution in [3.8, 4) is 17.2 Å². The van der Waals surface area contributed by atoms with Crippen molar-refractivity contribution in [2.24, 2.45) is 0 Å². The second-order valence-electron chi connectivity index (χ2n) is 2.40. The predicted molar refractivity (Wildman–Crippen MR) is 41.4 cm³/mol. The van der Waals surface area contributed by atoms with Crippen LogP contribution in [0.25, 0.3) is 11.3 Å². The van der Waals surface area contributed by atoms with Gasteiger partial charge in [0.05, 0.1) is 11.6 Å². The van der Waals surface area contributed by atoms with E-state index in [1.165, 1.54) is 6.07 Å². The van der Waals surface area contributed by atoms with Crippen molar-refractivity contribution < 1.29 is 9.63 Å². The normalized spacial score (nSPS) is 10.0. The standard InChI is InChI=1S/C9H7NO2/c11-9-6-8(10-12-9)7-4-2-1-3-5-7/h1-6,11H/p-1. The Morgan fingerprint density at radius 3 is 2.50 bits per heavy atom. The largest absolute Gasteiger partial charge is 0.544 e. The van der Waals surface area contributed by atoms with E-state index in [1.807, 2.05) is 30.3 Å². The molecule has 0 atom stereocenters. The van der Waals surface area contributed by atoms with E-state index >= 15 is 0 Å². The second kappa shape index (κ2) is 2.70. The van der Waals surface area contributed by atoms with Crippen LogP contribution in [0.3, 0.4) is 0 Å². The smallest absolute Gasteiger partial charge is 0.0855 e. The Kier molecular flexibility index (Phi) is 1.55. The highest BCUT2D eigenvalue weighted by Gasteiger charge is 1.96. The Labute approximate surface area is 69.2 Å². The minimum atomic E-state index is -0.408. The molecule has 0 bridgehead atoms. The van der Waals surface area contributed by atoms with Crippen molar-refractivity contribution in [2.45, 2.75) is 0 Å². The van der Waals surface area contributed by atoms with Gasteiger partial charge in [-0.25, -0.2) is 0 Å². The van der Waals surface area contributed by atoms with Crippen molar-refractivity contribution in [3.05, 3.63) is 36.4 Å². The van der Waals surface area contributed by atoms with Crippen LogP contribution >= 0.6 is 0 Å². The molecule has 2 rings (SSSR count). The molecule has 0 saturated carbocycles. The van der Waals surface area contributed by atoms with E-state index in [-0.39, 0.29) is 0 Å². The molecule has 0 fully saturated rings. The Morgan fingerprint density at radius 1 is 1.17 bits per heavy atom. The van der Waals surface area contributed by atoms with Gasteiger partial charge in [0.2, 0.25) is 0 Å². The first-order valence-electron chi connectivity index (χ1n) is 3.55. The molecule has 3 nitrogen and oxygen atoms in total. The van der Waals surface area contributed by atoms with Crippen molar-refractivity contribution in [2.75, 3.05) is 0 Å². The summed E-state index contributed by atoms with van der Waals surface area (Å²) in [5.41, 5.74) is 1.48. The van der Waals surface area contributed by atoms with Crippen molar-refractivity contribution in [1.29, 1.82) is 0 Å². The van der Waals surface area contributed by atoms with Gasteiger partial charge in [0, 0.05) is 5.56 Å². The van der Waals surface area contributed by atoms with Gasteiger partial charge >= 0.3 is 0 Å². The summed E-state index contributed by atoms with van der Waals surface area (Å²) >= 11 is 0. The highest BCUT2D eigenvalue weighted by Crippen LogP contribution is 2.19. The molecule has 0 N–H and O–H groups in total. The molecule has 0 amide bonds. The molecule has 12 heavy (non-hydrogen) atoms. The van der Waals surface area contributed by atoms with Gasteiger partial charge < -0.3 is 9.63 Å². The highest BCUT2D eigenvalue weighted by molar-refractivity contribution is 5.58. The van der Waals surface area contributed by atoms with Gasteiger partial charge in [-0.2, -0.15) is 5.16 Å². The molecule has 1 aromatic heterocycles. The van der Waals surface area contributed by atoms with Gasteiger partial charge in [-0.3, -0.25) is 0 Å². The lowest BCUT2D eigenvalue weighted by Crippen LogP contribution is -1.82. The second-order valence-corrected chi connectivity index (χ2v) is 2.40. The zero-order valence-electron chi connectivity index (χ0n) is 6.23. The van der Waals surface area contributed by atoms with Gasteiger partial charge in [-0.1, -0.05) is 30.3 Å². The third-order valence-corrected chi connectivity index (χ3v) is 1.56. The van der Waals surface area contributed by atoms with Crippen LogP contribution in [0.2, 0.25) is 0 Å². The number of hydrogen-bond donors (Lipinski definition) is 0. The average Bonchev–Trinajstić information content (AvgIpc) is 2.54. The summed E-state index contributed by atoms with van der Waals surface area (Å²) in [5.74, 6) is -0.408. The van der Waals surface area contributed by atoms with Gasteiger partial charge in [-0.05, 0) is 6.07 Å². The van der Waals surface area contributed by atoms with Gasteiger partial charge in [0.15, 0.2) is 0 Å². The Bertz CT molecular complexity index is 367. The Morgan fingerprint density at radius 2 is 1.92 bits per heavy atom. The number of hydrogen-bond acceptors (Lipinski definition) is 3. The molecule has 3 heteroatoms. The molecule has 0 unspecified atom stereocenters. The maximum absolute atomic E-state index is 10.6. The van der Waals surface area contributed by atoms with Crippen LogP contribution in [-0.4, -0.2) is 5.16 Å². The lowest BCUT2D eigenvalue weighted by molar-refractivity contribution is -0.297. The first kappa shape index (κ1) is 6.91. The summed E-state index contributed by atoms with van der Waals surface area (Å²) in [6.07, 6.45) is 0. The predicted octanol–water partition coefficient (Wildman–Crippen LogP) is 1.42. The zero-order chi connectivity index (χ0) is 8.39. The molecule has 0 spiro atoms. The summed E-state index contributed by atoms with van der Waals surface area (Å²) in [4.78, 5) is 0. The first-order valence-corrected chi connectivity index (χ1v) is 3.55. The molecule has 1 aromatic carbocycles.